The second-order valence-electron chi connectivity index (χ2n) is 7.13. The molecule has 2 aromatic rings. The number of aromatic nitrogens is 1. The van der Waals surface area contributed by atoms with E-state index >= 15 is 0 Å². The van der Waals surface area contributed by atoms with Gasteiger partial charge >= 0.3 is 0 Å². The molecule has 166 valence electrons. The van der Waals surface area contributed by atoms with Gasteiger partial charge in [-0.25, -0.2) is 18.4 Å². The highest BCUT2D eigenvalue weighted by atomic mass is 32.2. The molecule has 4 rings (SSSR count). The van der Waals surface area contributed by atoms with Gasteiger partial charge in [0, 0.05) is 12.9 Å². The fraction of sp³-hybridized carbons (Fsp3) is 0.143. The van der Waals surface area contributed by atoms with E-state index in [4.69, 9.17) is 5.11 Å². The molecule has 1 aliphatic heterocycles. The van der Waals surface area contributed by atoms with E-state index in [2.05, 4.69) is 9.98 Å². The van der Waals surface area contributed by atoms with Crippen LogP contribution < -0.4 is 5.36 Å². The van der Waals surface area contributed by atoms with Crippen LogP contribution in [0.4, 0.5) is 5.69 Å². The van der Waals surface area contributed by atoms with Crippen molar-refractivity contribution in [2.24, 2.45) is 4.99 Å². The number of hydrogen-bond donors (Lipinski definition) is 2. The highest BCUT2D eigenvalue weighted by molar-refractivity contribution is 7.91. The molecule has 2 N–H and O–H groups in total. The summed E-state index contributed by atoms with van der Waals surface area (Å²) in [6.07, 6.45) is 1.54. The van der Waals surface area contributed by atoms with Crippen LogP contribution in [0.1, 0.15) is 5.56 Å². The number of rotatable bonds is 5. The first-order valence-corrected chi connectivity index (χ1v) is 13.5. The minimum absolute atomic E-state index is 0.0572. The number of benzene rings is 3. The summed E-state index contributed by atoms with van der Waals surface area (Å²) < 4.78 is 57.6. The molecule has 32 heavy (non-hydrogen) atoms. The Balaban J connectivity index is 1.90. The standard InChI is InChI=1S/C21H18N2O6S3/c1-31(25,26)21-7-4-15(32(27,28)29)12-18(21)22-14-3-5-16-20(11-14)30-19-6-2-13(8-9-24)10-17(19)23-16/h2-7,10-12,24H,8-9H2,1H3,(H,27,28,29). The van der Waals surface area contributed by atoms with Crippen LogP contribution in [-0.2, 0) is 26.4 Å². The van der Waals surface area contributed by atoms with Crippen molar-refractivity contribution in [2.45, 2.75) is 16.2 Å². The summed E-state index contributed by atoms with van der Waals surface area (Å²) in [4.78, 5) is 9.21. The van der Waals surface area contributed by atoms with Crippen LogP contribution in [-0.4, -0.2) is 44.3 Å². The van der Waals surface area contributed by atoms with Crippen molar-refractivity contribution in [3.8, 4) is 10.6 Å². The summed E-state index contributed by atoms with van der Waals surface area (Å²) >= 11 is 1.48. The number of hydrogen-bond acceptors (Lipinski definition) is 8. The lowest BCUT2D eigenvalue weighted by atomic mass is 10.1. The van der Waals surface area contributed by atoms with E-state index in [1.54, 1.807) is 18.2 Å². The lowest BCUT2D eigenvalue weighted by molar-refractivity contribution is 0.299. The van der Waals surface area contributed by atoms with Gasteiger partial charge in [-0.1, -0.05) is 6.07 Å². The third kappa shape index (κ3) is 4.71. The summed E-state index contributed by atoms with van der Waals surface area (Å²) in [6, 6.07) is 14.1. The zero-order valence-corrected chi connectivity index (χ0v) is 19.2. The van der Waals surface area contributed by atoms with Crippen molar-refractivity contribution >= 4 is 47.2 Å². The Morgan fingerprint density at radius 3 is 2.47 bits per heavy atom. The first-order chi connectivity index (χ1) is 15.0. The predicted octanol–water partition coefficient (Wildman–Crippen LogP) is 2.82. The summed E-state index contributed by atoms with van der Waals surface area (Å²) in [5.41, 5.74) is 2.42. The number of fused-ring (bicyclic) bond motifs is 2. The minimum atomic E-state index is -4.53. The number of aliphatic hydroxyl groups is 1. The number of nitrogens with zero attached hydrogens (tertiary/aromatic N) is 2. The van der Waals surface area contributed by atoms with E-state index in [0.29, 0.717) is 11.8 Å². The van der Waals surface area contributed by atoms with Gasteiger partial charge in [0.2, 0.25) is 0 Å². The summed E-state index contributed by atoms with van der Waals surface area (Å²) in [6.45, 7) is 0.0572. The Bertz CT molecular complexity index is 1590. The molecular formula is C21H18N2O6S3. The fourth-order valence-electron chi connectivity index (χ4n) is 3.21. The zero-order valence-electron chi connectivity index (χ0n) is 16.8. The average molecular weight is 491 g/mol. The molecule has 1 aliphatic carbocycles. The highest BCUT2D eigenvalue weighted by Gasteiger charge is 2.18. The number of aliphatic hydroxyl groups excluding tert-OH is 1. The third-order valence-electron chi connectivity index (χ3n) is 4.71. The third-order valence-corrected chi connectivity index (χ3v) is 7.81. The second-order valence-corrected chi connectivity index (χ2v) is 11.6. The topological polar surface area (TPSA) is 134 Å². The maximum Gasteiger partial charge on any atom is 0.294 e. The van der Waals surface area contributed by atoms with Gasteiger partial charge in [-0.15, -0.1) is 11.3 Å². The normalized spacial score (nSPS) is 13.2. The second kappa shape index (κ2) is 8.34. The van der Waals surface area contributed by atoms with Gasteiger partial charge in [-0.2, -0.15) is 8.42 Å². The molecule has 0 bridgehead atoms. The van der Waals surface area contributed by atoms with Crippen molar-refractivity contribution in [2.75, 3.05) is 12.9 Å². The molecule has 0 fully saturated rings. The van der Waals surface area contributed by atoms with Gasteiger partial charge in [0.05, 0.1) is 41.6 Å². The Morgan fingerprint density at radius 1 is 1.00 bits per heavy atom. The Morgan fingerprint density at radius 2 is 1.78 bits per heavy atom. The van der Waals surface area contributed by atoms with Crippen LogP contribution in [0.3, 0.4) is 0 Å². The molecule has 0 spiro atoms. The molecule has 0 saturated carbocycles. The molecule has 8 nitrogen and oxygen atoms in total. The van der Waals surface area contributed by atoms with E-state index in [1.807, 2.05) is 18.2 Å². The fourth-order valence-corrected chi connectivity index (χ4v) is 5.49. The van der Waals surface area contributed by atoms with Crippen molar-refractivity contribution in [1.29, 1.82) is 0 Å². The van der Waals surface area contributed by atoms with E-state index in [9.17, 15) is 21.4 Å². The van der Waals surface area contributed by atoms with Crippen molar-refractivity contribution in [3.05, 3.63) is 65.5 Å². The molecule has 0 atom stereocenters. The van der Waals surface area contributed by atoms with Gasteiger partial charge in [0.1, 0.15) is 0 Å². The van der Waals surface area contributed by atoms with Crippen LogP contribution in [0.5, 0.6) is 0 Å². The van der Waals surface area contributed by atoms with E-state index < -0.39 is 24.9 Å². The van der Waals surface area contributed by atoms with Gasteiger partial charge in [-0.3, -0.25) is 4.55 Å². The van der Waals surface area contributed by atoms with Crippen LogP contribution in [0.15, 0.2) is 69.4 Å². The van der Waals surface area contributed by atoms with Crippen molar-refractivity contribution < 1.29 is 26.5 Å². The molecule has 0 radical (unpaired) electrons. The molecular weight excluding hydrogens is 472 g/mol. The summed E-state index contributed by atoms with van der Waals surface area (Å²) in [5, 5.41) is 9.54. The van der Waals surface area contributed by atoms with Gasteiger partial charge < -0.3 is 5.11 Å². The van der Waals surface area contributed by atoms with Gasteiger partial charge in [-0.05, 0) is 60.5 Å². The maximum absolute atomic E-state index is 12.1. The first-order valence-electron chi connectivity index (χ1n) is 9.35. The molecule has 2 aliphatic rings. The monoisotopic (exact) mass is 490 g/mol. The quantitative estimate of drug-likeness (QED) is 0.324. The van der Waals surface area contributed by atoms with Crippen LogP contribution in [0, 0.1) is 0 Å². The molecule has 0 aromatic heterocycles. The predicted molar refractivity (Wildman–Crippen MR) is 122 cm³/mol. The van der Waals surface area contributed by atoms with Crippen LogP contribution in [0.25, 0.3) is 20.8 Å². The molecule has 0 saturated heterocycles. The minimum Gasteiger partial charge on any atom is -0.396 e. The summed E-state index contributed by atoms with van der Waals surface area (Å²) in [7, 11) is -8.22. The molecule has 1 heterocycles. The maximum atomic E-state index is 12.1. The zero-order chi connectivity index (χ0) is 23.1. The van der Waals surface area contributed by atoms with Gasteiger partial charge in [0.15, 0.2) is 9.84 Å². The van der Waals surface area contributed by atoms with E-state index in [0.717, 1.165) is 50.8 Å². The van der Waals surface area contributed by atoms with Crippen molar-refractivity contribution in [1.82, 2.24) is 4.98 Å². The van der Waals surface area contributed by atoms with E-state index in [-0.39, 0.29) is 17.2 Å². The van der Waals surface area contributed by atoms with Crippen LogP contribution in [0.2, 0.25) is 0 Å². The summed E-state index contributed by atoms with van der Waals surface area (Å²) in [5.74, 6) is 0. The Hall–Kier alpha value is -2.70. The SMILES string of the molecule is CS(=O)(=O)c1ccc(S(=O)(=O)O)cc1N=c1ccc2nc3cc(CCO)ccc3sc-2c1. The lowest BCUT2D eigenvalue weighted by Crippen LogP contribution is -2.05. The molecule has 2 aromatic carbocycles. The highest BCUT2D eigenvalue weighted by Crippen LogP contribution is 2.31. The molecule has 11 heteroatoms. The Kier molecular flexibility index (Phi) is 5.86. The molecule has 0 unspecified atom stereocenters. The largest absolute Gasteiger partial charge is 0.396 e. The first kappa shape index (κ1) is 22.5. The van der Waals surface area contributed by atoms with Gasteiger partial charge in [0.25, 0.3) is 10.1 Å². The number of sulfone groups is 1. The van der Waals surface area contributed by atoms with E-state index in [1.165, 1.54) is 11.3 Å². The lowest BCUT2D eigenvalue weighted by Gasteiger charge is -2.08. The smallest absolute Gasteiger partial charge is 0.294 e. The van der Waals surface area contributed by atoms with Crippen molar-refractivity contribution in [3.63, 3.8) is 0 Å². The van der Waals surface area contributed by atoms with Crippen LogP contribution >= 0.6 is 11.3 Å². The molecule has 0 amide bonds. The Labute approximate surface area is 188 Å². The average Bonchev–Trinajstić information content (AvgIpc) is 2.71.